The first-order valence-corrected chi connectivity index (χ1v) is 11.9. The van der Waals surface area contributed by atoms with E-state index in [1.165, 1.54) is 0 Å². The number of ketones is 2. The van der Waals surface area contributed by atoms with Crippen LogP contribution in [0.25, 0.3) is 16.6 Å². The highest BCUT2D eigenvalue weighted by molar-refractivity contribution is 6.45. The molecule has 0 radical (unpaired) electrons. The van der Waals surface area contributed by atoms with Gasteiger partial charge in [0.2, 0.25) is 11.6 Å². The molecule has 0 amide bonds. The summed E-state index contributed by atoms with van der Waals surface area (Å²) in [5.74, 6) is -0.169. The van der Waals surface area contributed by atoms with Crippen molar-refractivity contribution in [3.8, 4) is 16.9 Å². The Hall–Kier alpha value is -3.74. The fourth-order valence-corrected chi connectivity index (χ4v) is 4.41. The number of ether oxygens (including phenoxy) is 2. The monoisotopic (exact) mass is 468 g/mol. The molecule has 0 atom stereocenters. The molecule has 0 spiro atoms. The van der Waals surface area contributed by atoms with Crippen molar-refractivity contribution in [1.29, 1.82) is 0 Å². The maximum absolute atomic E-state index is 13.4. The van der Waals surface area contributed by atoms with E-state index in [9.17, 15) is 9.59 Å². The molecule has 5 rings (SSSR count). The Morgan fingerprint density at radius 2 is 1.63 bits per heavy atom. The van der Waals surface area contributed by atoms with Crippen molar-refractivity contribution in [3.63, 3.8) is 0 Å². The molecular formula is C29H28N2O4. The normalized spacial score (nSPS) is 14.2. The lowest BCUT2D eigenvalue weighted by atomic mass is 9.99. The van der Waals surface area contributed by atoms with Gasteiger partial charge in [0.15, 0.2) is 0 Å². The zero-order valence-electron chi connectivity index (χ0n) is 19.6. The van der Waals surface area contributed by atoms with E-state index in [1.807, 2.05) is 85.1 Å². The number of morpholine rings is 1. The van der Waals surface area contributed by atoms with E-state index in [0.717, 1.165) is 60.8 Å². The average molecular weight is 469 g/mol. The number of hydrogen-bond donors (Lipinski definition) is 0. The second-order valence-electron chi connectivity index (χ2n) is 8.64. The van der Waals surface area contributed by atoms with Crippen LogP contribution in [0, 0.1) is 0 Å². The summed E-state index contributed by atoms with van der Waals surface area (Å²) in [5, 5.41) is 0. The van der Waals surface area contributed by atoms with Gasteiger partial charge in [0.1, 0.15) is 18.1 Å². The summed E-state index contributed by atoms with van der Waals surface area (Å²) >= 11 is 0. The van der Waals surface area contributed by atoms with Crippen LogP contribution in [0.15, 0.2) is 85.1 Å². The molecule has 1 aliphatic heterocycles. The molecule has 1 fully saturated rings. The Labute approximate surface area is 204 Å². The molecule has 0 unspecified atom stereocenters. The van der Waals surface area contributed by atoms with Gasteiger partial charge < -0.3 is 13.9 Å². The molecule has 1 aliphatic rings. The minimum absolute atomic E-state index is 0.0428. The van der Waals surface area contributed by atoms with E-state index >= 15 is 0 Å². The van der Waals surface area contributed by atoms with Crippen LogP contribution in [0.3, 0.4) is 0 Å². The number of fused-ring (bicyclic) bond motifs is 1. The number of hydrogen-bond acceptors (Lipinski definition) is 5. The smallest absolute Gasteiger partial charge is 0.246 e. The highest BCUT2D eigenvalue weighted by Crippen LogP contribution is 2.28. The van der Waals surface area contributed by atoms with Gasteiger partial charge in [-0.25, -0.2) is 0 Å². The van der Waals surface area contributed by atoms with Gasteiger partial charge >= 0.3 is 0 Å². The van der Waals surface area contributed by atoms with Gasteiger partial charge in [0.05, 0.1) is 13.2 Å². The number of Topliss-reactive ketones (excluding diaryl/α,β-unsaturated/α-hetero) is 2. The quantitative estimate of drug-likeness (QED) is 0.271. The summed E-state index contributed by atoms with van der Waals surface area (Å²) in [6.07, 6.45) is 1.87. The molecule has 35 heavy (non-hydrogen) atoms. The van der Waals surface area contributed by atoms with Crippen LogP contribution in [0.1, 0.15) is 16.1 Å². The zero-order chi connectivity index (χ0) is 24.0. The molecule has 2 aromatic heterocycles. The van der Waals surface area contributed by atoms with Crippen molar-refractivity contribution >= 4 is 17.1 Å². The summed E-state index contributed by atoms with van der Waals surface area (Å²) < 4.78 is 13.0. The molecule has 6 nitrogen and oxygen atoms in total. The molecule has 0 saturated carbocycles. The third-order valence-corrected chi connectivity index (χ3v) is 6.30. The van der Waals surface area contributed by atoms with E-state index in [4.69, 9.17) is 9.47 Å². The third kappa shape index (κ3) is 5.34. The Bertz CT molecular complexity index is 1310. The van der Waals surface area contributed by atoms with Gasteiger partial charge in [-0.05, 0) is 41.5 Å². The van der Waals surface area contributed by atoms with E-state index in [1.54, 1.807) is 4.40 Å². The largest absolute Gasteiger partial charge is 0.492 e. The molecule has 3 heterocycles. The zero-order valence-corrected chi connectivity index (χ0v) is 19.6. The van der Waals surface area contributed by atoms with Crippen molar-refractivity contribution in [2.75, 3.05) is 39.5 Å². The minimum Gasteiger partial charge on any atom is -0.492 e. The van der Waals surface area contributed by atoms with Crippen LogP contribution in [0.5, 0.6) is 5.75 Å². The van der Waals surface area contributed by atoms with Crippen molar-refractivity contribution in [2.24, 2.45) is 0 Å². The van der Waals surface area contributed by atoms with Crippen LogP contribution in [-0.2, 0) is 16.0 Å². The lowest BCUT2D eigenvalue weighted by molar-refractivity contribution is -0.114. The van der Waals surface area contributed by atoms with E-state index in [0.29, 0.717) is 12.3 Å². The molecule has 0 bridgehead atoms. The number of carbonyl (C=O) groups excluding carboxylic acids is 2. The Morgan fingerprint density at radius 1 is 0.886 bits per heavy atom. The van der Waals surface area contributed by atoms with Gasteiger partial charge in [-0.15, -0.1) is 0 Å². The maximum atomic E-state index is 13.4. The second kappa shape index (κ2) is 10.7. The molecule has 0 N–H and O–H groups in total. The van der Waals surface area contributed by atoms with Gasteiger partial charge in [0.25, 0.3) is 0 Å². The van der Waals surface area contributed by atoms with Gasteiger partial charge in [0, 0.05) is 43.3 Å². The number of carbonyl (C=O) groups is 2. The SMILES string of the molecule is O=C(Cc1ccc(OCCN2CCOCC2)cc1)C(=O)c1c(-c2ccccc2)cc2ccccn12. The predicted octanol–water partition coefficient (Wildman–Crippen LogP) is 4.31. The maximum Gasteiger partial charge on any atom is 0.246 e. The minimum atomic E-state index is -0.485. The summed E-state index contributed by atoms with van der Waals surface area (Å²) in [6, 6.07) is 24.8. The lowest BCUT2D eigenvalue weighted by Gasteiger charge is -2.26. The standard InChI is InChI=1S/C29H28N2O4/c32-27(20-22-9-11-25(12-10-22)35-19-16-30-14-17-34-18-15-30)29(33)28-26(23-6-2-1-3-7-23)21-24-8-4-5-13-31(24)28/h1-13,21H,14-20H2. The molecule has 1 saturated heterocycles. The van der Waals surface area contributed by atoms with Gasteiger partial charge in [-0.2, -0.15) is 0 Å². The fourth-order valence-electron chi connectivity index (χ4n) is 4.41. The molecule has 178 valence electrons. The summed E-state index contributed by atoms with van der Waals surface area (Å²) in [7, 11) is 0. The highest BCUT2D eigenvalue weighted by atomic mass is 16.5. The van der Waals surface area contributed by atoms with Crippen molar-refractivity contribution in [3.05, 3.63) is 96.3 Å². The molecule has 2 aromatic carbocycles. The van der Waals surface area contributed by atoms with Crippen molar-refractivity contribution in [2.45, 2.75) is 6.42 Å². The van der Waals surface area contributed by atoms with E-state index < -0.39 is 11.6 Å². The van der Waals surface area contributed by atoms with Crippen LogP contribution in [-0.4, -0.2) is 60.3 Å². The molecule has 6 heteroatoms. The fraction of sp³-hybridized carbons (Fsp3) is 0.241. The lowest BCUT2D eigenvalue weighted by Crippen LogP contribution is -2.38. The first kappa shape index (κ1) is 23.0. The number of nitrogens with zero attached hydrogens (tertiary/aromatic N) is 2. The first-order valence-electron chi connectivity index (χ1n) is 11.9. The highest BCUT2D eigenvalue weighted by Gasteiger charge is 2.24. The van der Waals surface area contributed by atoms with Crippen molar-refractivity contribution in [1.82, 2.24) is 9.30 Å². The number of pyridine rings is 1. The van der Waals surface area contributed by atoms with E-state index in [-0.39, 0.29) is 6.42 Å². The Kier molecular flexibility index (Phi) is 7.02. The molecule has 0 aliphatic carbocycles. The summed E-state index contributed by atoms with van der Waals surface area (Å²) in [4.78, 5) is 28.7. The van der Waals surface area contributed by atoms with Gasteiger partial charge in [-0.3, -0.25) is 14.5 Å². The van der Waals surface area contributed by atoms with E-state index in [2.05, 4.69) is 4.90 Å². The van der Waals surface area contributed by atoms with Crippen LogP contribution in [0.4, 0.5) is 0 Å². The first-order chi connectivity index (χ1) is 17.2. The predicted molar refractivity (Wildman–Crippen MR) is 135 cm³/mol. The Morgan fingerprint density at radius 3 is 2.40 bits per heavy atom. The van der Waals surface area contributed by atoms with Crippen molar-refractivity contribution < 1.29 is 19.1 Å². The second-order valence-corrected chi connectivity index (χ2v) is 8.64. The van der Waals surface area contributed by atoms with Crippen LogP contribution >= 0.6 is 0 Å². The summed E-state index contributed by atoms with van der Waals surface area (Å²) in [6.45, 7) is 4.86. The van der Waals surface area contributed by atoms with Gasteiger partial charge in [-0.1, -0.05) is 48.5 Å². The number of aromatic nitrogens is 1. The summed E-state index contributed by atoms with van der Waals surface area (Å²) in [5.41, 5.74) is 3.73. The number of benzene rings is 2. The topological polar surface area (TPSA) is 60.2 Å². The average Bonchev–Trinajstić information content (AvgIpc) is 3.30. The molecular weight excluding hydrogens is 440 g/mol. The van der Waals surface area contributed by atoms with Crippen LogP contribution < -0.4 is 4.74 Å². The number of rotatable bonds is 9. The Balaban J connectivity index is 1.27. The molecule has 4 aromatic rings. The van der Waals surface area contributed by atoms with Crippen LogP contribution in [0.2, 0.25) is 0 Å². The third-order valence-electron chi connectivity index (χ3n) is 6.30.